The van der Waals surface area contributed by atoms with E-state index in [0.29, 0.717) is 23.1 Å². The van der Waals surface area contributed by atoms with Crippen molar-refractivity contribution in [2.75, 3.05) is 7.05 Å². The Morgan fingerprint density at radius 3 is 2.83 bits per heavy atom. The normalized spacial score (nSPS) is 26.8. The molecule has 2 aliphatic rings. The molecule has 122 valence electrons. The van der Waals surface area contributed by atoms with Gasteiger partial charge < -0.3 is 9.73 Å². The predicted octanol–water partition coefficient (Wildman–Crippen LogP) is 3.71. The molecule has 2 fully saturated rings. The monoisotopic (exact) mass is 331 g/mol. The molecule has 3 heterocycles. The van der Waals surface area contributed by atoms with Gasteiger partial charge in [-0.1, -0.05) is 23.7 Å². The summed E-state index contributed by atoms with van der Waals surface area (Å²) >= 11 is 6.04. The van der Waals surface area contributed by atoms with Crippen LogP contribution in [0.2, 0.25) is 5.02 Å². The maximum Gasteiger partial charge on any atom is 0.209 e. The average molecular weight is 332 g/mol. The molecule has 1 N–H and O–H groups in total. The number of benzene rings is 1. The van der Waals surface area contributed by atoms with E-state index in [-0.39, 0.29) is 0 Å². The zero-order chi connectivity index (χ0) is 15.8. The van der Waals surface area contributed by atoms with Gasteiger partial charge in [-0.3, -0.25) is 4.90 Å². The third-order valence-electron chi connectivity index (χ3n) is 5.12. The van der Waals surface area contributed by atoms with Crippen LogP contribution in [0.3, 0.4) is 0 Å². The van der Waals surface area contributed by atoms with Crippen molar-refractivity contribution in [3.63, 3.8) is 0 Å². The van der Waals surface area contributed by atoms with E-state index in [1.54, 1.807) is 6.20 Å². The van der Waals surface area contributed by atoms with E-state index in [1.165, 1.54) is 25.7 Å². The molecule has 0 aliphatic carbocycles. The zero-order valence-electron chi connectivity index (χ0n) is 13.3. The smallest absolute Gasteiger partial charge is 0.209 e. The minimum atomic E-state index is 0.621. The van der Waals surface area contributed by atoms with Crippen LogP contribution in [0, 0.1) is 0 Å². The first-order valence-electron chi connectivity index (χ1n) is 8.34. The molecule has 1 aromatic carbocycles. The molecule has 4 nitrogen and oxygen atoms in total. The van der Waals surface area contributed by atoms with Crippen LogP contribution in [0.5, 0.6) is 0 Å². The molecule has 4 rings (SSSR count). The molecule has 2 aromatic rings. The standard InChI is InChI=1S/C18H22ClN3O/c1-22(16-8-14-5-6-15(9-16)21-14)11-18-20-10-17(23-18)12-3-2-4-13(19)7-12/h2-4,7,10,14-16,21H,5-6,8-9,11H2,1H3. The van der Waals surface area contributed by atoms with E-state index in [9.17, 15) is 0 Å². The van der Waals surface area contributed by atoms with Crippen LogP contribution < -0.4 is 5.32 Å². The maximum atomic E-state index is 6.04. The summed E-state index contributed by atoms with van der Waals surface area (Å²) in [5.74, 6) is 1.55. The first-order chi connectivity index (χ1) is 11.2. The zero-order valence-corrected chi connectivity index (χ0v) is 14.1. The Balaban J connectivity index is 1.43. The lowest BCUT2D eigenvalue weighted by molar-refractivity contribution is 0.154. The van der Waals surface area contributed by atoms with Gasteiger partial charge in [-0.05, 0) is 44.9 Å². The number of hydrogen-bond acceptors (Lipinski definition) is 4. The summed E-state index contributed by atoms with van der Waals surface area (Å²) in [6, 6.07) is 9.71. The molecule has 2 bridgehead atoms. The Kier molecular flexibility index (Phi) is 4.14. The fraction of sp³-hybridized carbons (Fsp3) is 0.500. The predicted molar refractivity (Wildman–Crippen MR) is 91.4 cm³/mol. The summed E-state index contributed by atoms with van der Waals surface area (Å²) in [4.78, 5) is 6.83. The highest BCUT2D eigenvalue weighted by Gasteiger charge is 2.35. The van der Waals surface area contributed by atoms with Crippen molar-refractivity contribution in [3.05, 3.63) is 41.4 Å². The summed E-state index contributed by atoms with van der Waals surface area (Å²) in [5.41, 5.74) is 0.971. The second kappa shape index (κ2) is 6.27. The minimum Gasteiger partial charge on any atom is -0.439 e. The topological polar surface area (TPSA) is 41.3 Å². The second-order valence-corrected chi connectivity index (χ2v) is 7.24. The number of oxazole rings is 1. The highest BCUT2D eigenvalue weighted by molar-refractivity contribution is 6.30. The molecule has 0 amide bonds. The Morgan fingerprint density at radius 1 is 1.30 bits per heavy atom. The highest BCUT2D eigenvalue weighted by atomic mass is 35.5. The largest absolute Gasteiger partial charge is 0.439 e. The number of aromatic nitrogens is 1. The minimum absolute atomic E-state index is 0.621. The number of rotatable bonds is 4. The Morgan fingerprint density at radius 2 is 2.09 bits per heavy atom. The molecule has 2 atom stereocenters. The van der Waals surface area contributed by atoms with E-state index in [1.807, 2.05) is 24.3 Å². The highest BCUT2D eigenvalue weighted by Crippen LogP contribution is 2.30. The van der Waals surface area contributed by atoms with E-state index in [4.69, 9.17) is 16.0 Å². The summed E-state index contributed by atoms with van der Waals surface area (Å²) in [7, 11) is 2.18. The lowest BCUT2D eigenvalue weighted by Crippen LogP contribution is -2.46. The number of nitrogens with one attached hydrogen (secondary N) is 1. The van der Waals surface area contributed by atoms with E-state index < -0.39 is 0 Å². The SMILES string of the molecule is CN(Cc1ncc(-c2cccc(Cl)c2)o1)C1CC2CCC(C1)N2. The van der Waals surface area contributed by atoms with Gasteiger partial charge in [-0.25, -0.2) is 4.98 Å². The Bertz CT molecular complexity index is 674. The molecular weight excluding hydrogens is 310 g/mol. The van der Waals surface area contributed by atoms with Crippen LogP contribution in [-0.2, 0) is 6.54 Å². The molecule has 5 heteroatoms. The summed E-state index contributed by atoms with van der Waals surface area (Å²) < 4.78 is 5.93. The second-order valence-electron chi connectivity index (χ2n) is 6.81. The number of halogens is 1. The molecule has 0 saturated carbocycles. The Hall–Kier alpha value is -1.36. The quantitative estimate of drug-likeness (QED) is 0.927. The molecule has 2 aliphatic heterocycles. The number of fused-ring (bicyclic) bond motifs is 2. The molecule has 23 heavy (non-hydrogen) atoms. The fourth-order valence-corrected chi connectivity index (χ4v) is 4.08. The number of hydrogen-bond donors (Lipinski definition) is 1. The van der Waals surface area contributed by atoms with Gasteiger partial charge in [0.05, 0.1) is 12.7 Å². The van der Waals surface area contributed by atoms with Gasteiger partial charge in [-0.15, -0.1) is 0 Å². The van der Waals surface area contributed by atoms with E-state index in [0.717, 1.165) is 23.8 Å². The first-order valence-corrected chi connectivity index (χ1v) is 8.72. The fourth-order valence-electron chi connectivity index (χ4n) is 3.89. The van der Waals surface area contributed by atoms with Crippen LogP contribution in [0.15, 0.2) is 34.9 Å². The van der Waals surface area contributed by atoms with Crippen LogP contribution in [0.1, 0.15) is 31.6 Å². The van der Waals surface area contributed by atoms with Crippen molar-refractivity contribution in [2.24, 2.45) is 0 Å². The van der Waals surface area contributed by atoms with Gasteiger partial charge >= 0.3 is 0 Å². The van der Waals surface area contributed by atoms with Crippen LogP contribution in [-0.4, -0.2) is 35.1 Å². The van der Waals surface area contributed by atoms with Crippen LogP contribution in [0.25, 0.3) is 11.3 Å². The van der Waals surface area contributed by atoms with Gasteiger partial charge in [0.1, 0.15) is 0 Å². The molecule has 0 spiro atoms. The maximum absolute atomic E-state index is 6.04. The molecular formula is C18H22ClN3O. The van der Waals surface area contributed by atoms with Gasteiger partial charge in [0.15, 0.2) is 5.76 Å². The van der Waals surface area contributed by atoms with Crippen molar-refractivity contribution >= 4 is 11.6 Å². The third-order valence-corrected chi connectivity index (χ3v) is 5.35. The van der Waals surface area contributed by atoms with E-state index in [2.05, 4.69) is 22.2 Å². The van der Waals surface area contributed by atoms with Crippen LogP contribution >= 0.6 is 11.6 Å². The van der Waals surface area contributed by atoms with Gasteiger partial charge in [-0.2, -0.15) is 0 Å². The lowest BCUT2D eigenvalue weighted by atomic mass is 9.98. The lowest BCUT2D eigenvalue weighted by Gasteiger charge is -2.34. The number of piperidine rings is 1. The van der Waals surface area contributed by atoms with Crippen molar-refractivity contribution < 1.29 is 4.42 Å². The van der Waals surface area contributed by atoms with Gasteiger partial charge in [0, 0.05) is 28.7 Å². The van der Waals surface area contributed by atoms with Crippen molar-refractivity contribution in [3.8, 4) is 11.3 Å². The molecule has 1 aromatic heterocycles. The third kappa shape index (κ3) is 3.30. The van der Waals surface area contributed by atoms with Gasteiger partial charge in [0.25, 0.3) is 0 Å². The average Bonchev–Trinajstić information content (AvgIpc) is 3.14. The molecule has 2 unspecified atom stereocenters. The molecule has 0 radical (unpaired) electrons. The van der Waals surface area contributed by atoms with E-state index >= 15 is 0 Å². The van der Waals surface area contributed by atoms with Crippen molar-refractivity contribution in [1.29, 1.82) is 0 Å². The van der Waals surface area contributed by atoms with Crippen molar-refractivity contribution in [2.45, 2.75) is 50.4 Å². The first kappa shape index (κ1) is 15.2. The Labute approximate surface area is 141 Å². The van der Waals surface area contributed by atoms with Crippen LogP contribution in [0.4, 0.5) is 0 Å². The number of nitrogens with zero attached hydrogens (tertiary/aromatic N) is 2. The van der Waals surface area contributed by atoms with Crippen molar-refractivity contribution in [1.82, 2.24) is 15.2 Å². The van der Waals surface area contributed by atoms with Gasteiger partial charge in [0.2, 0.25) is 5.89 Å². The molecule has 2 saturated heterocycles. The summed E-state index contributed by atoms with van der Waals surface area (Å²) in [6.45, 7) is 0.755. The summed E-state index contributed by atoms with van der Waals surface area (Å²) in [5, 5.41) is 4.40. The summed E-state index contributed by atoms with van der Waals surface area (Å²) in [6.07, 6.45) is 6.91.